The van der Waals surface area contributed by atoms with Gasteiger partial charge in [-0.1, -0.05) is 128 Å². The lowest BCUT2D eigenvalue weighted by molar-refractivity contribution is 1.09. The maximum atomic E-state index is 4.85. The maximum Gasteiger partial charge on any atom is -0.0106 e. The van der Waals surface area contributed by atoms with E-state index < -0.39 is 0 Å². The monoisotopic (exact) mass is 346 g/mol. The molecule has 0 spiro atoms. The van der Waals surface area contributed by atoms with E-state index in [1.165, 1.54) is 17.5 Å². The average molecular weight is 347 g/mol. The van der Waals surface area contributed by atoms with Crippen molar-refractivity contribution in [1.29, 1.82) is 0 Å². The van der Waals surface area contributed by atoms with Gasteiger partial charge in [0.15, 0.2) is 0 Å². The van der Waals surface area contributed by atoms with E-state index in [1.54, 1.807) is 0 Å². The van der Waals surface area contributed by atoms with Crippen LogP contribution in [0.25, 0.3) is 12.2 Å². The highest BCUT2D eigenvalue weighted by atomic mass is 14.5. The lowest BCUT2D eigenvalue weighted by Crippen LogP contribution is -1.87. The van der Waals surface area contributed by atoms with Crippen LogP contribution in [0.1, 0.15) is 53.2 Å². The van der Waals surface area contributed by atoms with Crippen molar-refractivity contribution in [2.24, 2.45) is 5.73 Å². The third-order valence-corrected chi connectivity index (χ3v) is 2.07. The molecule has 0 radical (unpaired) electrons. The van der Waals surface area contributed by atoms with Crippen LogP contribution in [0.5, 0.6) is 0 Å². The van der Waals surface area contributed by atoms with Crippen molar-refractivity contribution in [3.63, 3.8) is 0 Å². The Morgan fingerprint density at radius 2 is 0.920 bits per heavy atom. The molecule has 25 heavy (non-hydrogen) atoms. The Morgan fingerprint density at radius 1 is 0.720 bits per heavy atom. The van der Waals surface area contributed by atoms with E-state index in [1.807, 2.05) is 79.7 Å². The molecule has 0 saturated carbocycles. The molecule has 2 aromatic carbocycles. The third kappa shape index (κ3) is 27.0. The number of hydrogen-bond acceptors (Lipinski definition) is 2. The summed E-state index contributed by atoms with van der Waals surface area (Å²) in [6.07, 6.45) is 4.92. The molecule has 144 valence electrons. The van der Waals surface area contributed by atoms with Crippen molar-refractivity contribution in [3.05, 3.63) is 84.9 Å². The molecule has 0 heterocycles. The van der Waals surface area contributed by atoms with E-state index in [0.717, 1.165) is 6.54 Å². The Hall–Kier alpha value is -2.16. The van der Waals surface area contributed by atoms with Crippen LogP contribution in [0.3, 0.4) is 0 Å². The summed E-state index contributed by atoms with van der Waals surface area (Å²) in [6.45, 7) is 14.2. The van der Waals surface area contributed by atoms with Gasteiger partial charge in [-0.15, -0.1) is 0 Å². The standard InChI is InChI=1S/2C8H8.C3H8.C2H7N.2CH4.H3N/c2*1-2-8-6-4-3-5-7-8;1-3-2;1-2-3;;;/h2*2-7H,1H2;3H2,1-2H3;2-3H2,1H3;2*1H4;1H3. The topological polar surface area (TPSA) is 61.0 Å². The maximum absolute atomic E-state index is 4.85. The second kappa shape index (κ2) is 29.8. The Morgan fingerprint density at radius 3 is 1.04 bits per heavy atom. The van der Waals surface area contributed by atoms with Crippen LogP contribution in [0.15, 0.2) is 73.8 Å². The van der Waals surface area contributed by atoms with Crippen molar-refractivity contribution in [2.45, 2.75) is 42.0 Å². The summed E-state index contributed by atoms with van der Waals surface area (Å²) < 4.78 is 0. The normalized spacial score (nSPS) is 6.88. The minimum atomic E-state index is 0. The fourth-order valence-electron chi connectivity index (χ4n) is 1.18. The van der Waals surface area contributed by atoms with Gasteiger partial charge in [-0.25, -0.2) is 0 Å². The minimum Gasteiger partial charge on any atom is -0.344 e. The molecule has 0 saturated heterocycles. The molecule has 0 aliphatic rings. The second-order valence-corrected chi connectivity index (χ2v) is 4.34. The summed E-state index contributed by atoms with van der Waals surface area (Å²) in [5.41, 5.74) is 7.19. The molecule has 2 rings (SSSR count). The van der Waals surface area contributed by atoms with Gasteiger partial charge < -0.3 is 11.9 Å². The summed E-state index contributed by atoms with van der Waals surface area (Å²) in [4.78, 5) is 0. The van der Waals surface area contributed by atoms with Crippen molar-refractivity contribution >= 4 is 12.2 Å². The molecule has 2 nitrogen and oxygen atoms in total. The Labute approximate surface area is 158 Å². The van der Waals surface area contributed by atoms with Crippen LogP contribution in [0, 0.1) is 0 Å². The molecule has 0 aromatic heterocycles. The van der Waals surface area contributed by atoms with Crippen molar-refractivity contribution in [2.75, 3.05) is 6.54 Å². The van der Waals surface area contributed by atoms with Crippen LogP contribution >= 0.6 is 0 Å². The fourth-order valence-corrected chi connectivity index (χ4v) is 1.18. The number of rotatable bonds is 2. The molecule has 0 atom stereocenters. The van der Waals surface area contributed by atoms with Crippen LogP contribution in [0.2, 0.25) is 0 Å². The van der Waals surface area contributed by atoms with Gasteiger partial charge in [-0.3, -0.25) is 0 Å². The molecule has 0 bridgehead atoms. The fraction of sp³-hybridized carbons (Fsp3) is 0.304. The first-order valence-electron chi connectivity index (χ1n) is 7.74. The van der Waals surface area contributed by atoms with E-state index in [9.17, 15) is 0 Å². The zero-order chi connectivity index (χ0) is 17.1. The van der Waals surface area contributed by atoms with Crippen LogP contribution in [0.4, 0.5) is 0 Å². The van der Waals surface area contributed by atoms with Crippen molar-refractivity contribution < 1.29 is 0 Å². The first kappa shape index (κ1) is 34.2. The lowest BCUT2D eigenvalue weighted by atomic mass is 10.2. The summed E-state index contributed by atoms with van der Waals surface area (Å²) in [5, 5.41) is 0. The largest absolute Gasteiger partial charge is 0.344 e. The van der Waals surface area contributed by atoms with Crippen LogP contribution < -0.4 is 11.9 Å². The minimum absolute atomic E-state index is 0. The van der Waals surface area contributed by atoms with Gasteiger partial charge in [0.1, 0.15) is 0 Å². The summed E-state index contributed by atoms with van der Waals surface area (Å²) >= 11 is 0. The molecular weight excluding hydrogens is 304 g/mol. The number of hydrogen-bond donors (Lipinski definition) is 2. The summed E-state index contributed by atoms with van der Waals surface area (Å²) in [7, 11) is 0. The SMILES string of the molecule is C.C.C=Cc1ccccc1.C=Cc1ccccc1.CCC.CCN.N. The van der Waals surface area contributed by atoms with Crippen molar-refractivity contribution in [3.8, 4) is 0 Å². The van der Waals surface area contributed by atoms with E-state index >= 15 is 0 Å². The Kier molecular flexibility index (Phi) is 40.8. The van der Waals surface area contributed by atoms with Gasteiger partial charge >= 0.3 is 0 Å². The predicted octanol–water partition coefficient (Wildman–Crippen LogP) is 7.47. The van der Waals surface area contributed by atoms with Crippen molar-refractivity contribution in [1.82, 2.24) is 6.15 Å². The quantitative estimate of drug-likeness (QED) is 0.592. The second-order valence-electron chi connectivity index (χ2n) is 4.34. The van der Waals surface area contributed by atoms with Gasteiger partial charge in [0, 0.05) is 0 Å². The third-order valence-electron chi connectivity index (χ3n) is 2.07. The Balaban J connectivity index is -0.0000000749. The predicted molar refractivity (Wildman–Crippen MR) is 122 cm³/mol. The molecule has 0 aliphatic carbocycles. The molecule has 2 aromatic rings. The average Bonchev–Trinajstić information content (AvgIpc) is 2.58. The smallest absolute Gasteiger partial charge is 0.0106 e. The molecule has 0 unspecified atom stereocenters. The van der Waals surface area contributed by atoms with Crippen LogP contribution in [-0.4, -0.2) is 6.54 Å². The molecular formula is C23H42N2. The van der Waals surface area contributed by atoms with E-state index in [4.69, 9.17) is 5.73 Å². The van der Waals surface area contributed by atoms with Crippen LogP contribution in [-0.2, 0) is 0 Å². The van der Waals surface area contributed by atoms with Gasteiger partial charge in [-0.05, 0) is 17.7 Å². The van der Waals surface area contributed by atoms with Gasteiger partial charge in [-0.2, -0.15) is 0 Å². The zero-order valence-electron chi connectivity index (χ0n) is 15.0. The molecule has 2 heteroatoms. The lowest BCUT2D eigenvalue weighted by Gasteiger charge is -1.85. The van der Waals surface area contributed by atoms with E-state index in [2.05, 4.69) is 27.0 Å². The Bertz CT molecular complexity index is 405. The zero-order valence-corrected chi connectivity index (χ0v) is 15.0. The summed E-state index contributed by atoms with van der Waals surface area (Å²) in [5.74, 6) is 0. The van der Waals surface area contributed by atoms with E-state index in [-0.39, 0.29) is 21.0 Å². The molecule has 5 N–H and O–H groups in total. The highest BCUT2D eigenvalue weighted by Crippen LogP contribution is 1.98. The number of nitrogens with two attached hydrogens (primary N) is 1. The highest BCUT2D eigenvalue weighted by Gasteiger charge is 1.76. The van der Waals surface area contributed by atoms with Gasteiger partial charge in [0.25, 0.3) is 0 Å². The van der Waals surface area contributed by atoms with Gasteiger partial charge in [0.05, 0.1) is 0 Å². The summed E-state index contributed by atoms with van der Waals surface area (Å²) in [6, 6.07) is 20.1. The molecule has 0 aliphatic heterocycles. The molecule has 0 amide bonds. The highest BCUT2D eigenvalue weighted by molar-refractivity contribution is 5.46. The molecule has 0 fully saturated rings. The van der Waals surface area contributed by atoms with E-state index in [0.29, 0.717) is 0 Å². The first-order valence-corrected chi connectivity index (χ1v) is 7.74. The van der Waals surface area contributed by atoms with Gasteiger partial charge in [0.2, 0.25) is 0 Å². The number of benzene rings is 2. The first-order chi connectivity index (χ1) is 10.7.